The highest BCUT2D eigenvalue weighted by atomic mass is 16.5. The molecule has 2 aromatic rings. The quantitative estimate of drug-likeness (QED) is 0.595. The van der Waals surface area contributed by atoms with Crippen molar-refractivity contribution in [2.24, 2.45) is 11.8 Å². The molecule has 0 spiro atoms. The molecule has 2 atom stereocenters. The molecule has 2 unspecified atom stereocenters. The first-order valence-corrected chi connectivity index (χ1v) is 9.16. The van der Waals surface area contributed by atoms with Crippen molar-refractivity contribution < 1.29 is 23.9 Å². The third-order valence-corrected chi connectivity index (χ3v) is 6.56. The zero-order chi connectivity index (χ0) is 19.6. The second-order valence-electron chi connectivity index (χ2n) is 7.48. The molecule has 2 aromatic carbocycles. The second kappa shape index (κ2) is 5.61. The fraction of sp³-hybridized carbons (Fsp3) is 0.273. The molecule has 4 aliphatic rings. The van der Waals surface area contributed by atoms with Crippen LogP contribution >= 0.6 is 0 Å². The Kier molecular flexibility index (Phi) is 3.38. The number of likely N-dealkylation sites (tertiary alicyclic amines) is 1. The van der Waals surface area contributed by atoms with Crippen LogP contribution < -0.4 is 0 Å². The summed E-state index contributed by atoms with van der Waals surface area (Å²) in [5.74, 6) is -3.00. The lowest BCUT2D eigenvalue weighted by molar-refractivity contribution is -0.137. The van der Waals surface area contributed by atoms with Gasteiger partial charge in [-0.05, 0) is 22.3 Å². The zero-order valence-electron chi connectivity index (χ0n) is 15.1. The molecule has 0 N–H and O–H groups in total. The van der Waals surface area contributed by atoms with Gasteiger partial charge in [-0.2, -0.15) is 4.90 Å². The average Bonchev–Trinajstić information content (AvgIpc) is 3.00. The SMILES string of the molecule is COC(=O)N1C(=O)C2C3c4ccccc4C(CC=O)(c4ccccc43)C2C1=O. The van der Waals surface area contributed by atoms with E-state index in [0.717, 1.165) is 35.6 Å². The van der Waals surface area contributed by atoms with E-state index in [-0.39, 0.29) is 12.3 Å². The molecule has 140 valence electrons. The van der Waals surface area contributed by atoms with Gasteiger partial charge in [-0.1, -0.05) is 48.5 Å². The summed E-state index contributed by atoms with van der Waals surface area (Å²) in [4.78, 5) is 51.2. The molecule has 2 bridgehead atoms. The highest BCUT2D eigenvalue weighted by Gasteiger charge is 2.68. The van der Waals surface area contributed by atoms with E-state index in [9.17, 15) is 19.2 Å². The number of aldehydes is 1. The number of nitrogens with zero attached hydrogens (tertiary/aromatic N) is 1. The van der Waals surface area contributed by atoms with E-state index < -0.39 is 35.2 Å². The predicted molar refractivity (Wildman–Crippen MR) is 97.4 cm³/mol. The maximum atomic E-state index is 13.3. The number of imide groups is 3. The van der Waals surface area contributed by atoms with E-state index in [1.54, 1.807) is 0 Å². The van der Waals surface area contributed by atoms with Gasteiger partial charge in [0.1, 0.15) is 6.29 Å². The summed E-state index contributed by atoms with van der Waals surface area (Å²) in [6.45, 7) is 0. The fourth-order valence-corrected chi connectivity index (χ4v) is 5.68. The summed E-state index contributed by atoms with van der Waals surface area (Å²) >= 11 is 0. The summed E-state index contributed by atoms with van der Waals surface area (Å²) in [6, 6.07) is 15.3. The highest BCUT2D eigenvalue weighted by molar-refractivity contribution is 6.17. The number of ether oxygens (including phenoxy) is 1. The maximum absolute atomic E-state index is 13.3. The summed E-state index contributed by atoms with van der Waals surface area (Å²) < 4.78 is 4.69. The van der Waals surface area contributed by atoms with Crippen molar-refractivity contribution in [3.8, 4) is 0 Å². The minimum Gasteiger partial charge on any atom is -0.452 e. The first-order valence-electron chi connectivity index (χ1n) is 9.16. The number of hydrogen-bond acceptors (Lipinski definition) is 5. The summed E-state index contributed by atoms with van der Waals surface area (Å²) in [7, 11) is 1.14. The molecule has 6 heteroatoms. The number of benzene rings is 2. The van der Waals surface area contributed by atoms with Gasteiger partial charge in [-0.15, -0.1) is 0 Å². The Morgan fingerprint density at radius 2 is 1.61 bits per heavy atom. The molecule has 3 amide bonds. The van der Waals surface area contributed by atoms with Crippen LogP contribution in [0.3, 0.4) is 0 Å². The van der Waals surface area contributed by atoms with Crippen molar-refractivity contribution in [2.75, 3.05) is 7.11 Å². The first kappa shape index (κ1) is 16.9. The van der Waals surface area contributed by atoms with Crippen LogP contribution in [-0.2, 0) is 24.5 Å². The van der Waals surface area contributed by atoms with Gasteiger partial charge in [0.05, 0.1) is 18.9 Å². The maximum Gasteiger partial charge on any atom is 0.423 e. The molecular formula is C22H17NO5. The number of methoxy groups -OCH3 is 1. The molecule has 6 nitrogen and oxygen atoms in total. The Labute approximate surface area is 161 Å². The molecule has 28 heavy (non-hydrogen) atoms. The van der Waals surface area contributed by atoms with Gasteiger partial charge < -0.3 is 9.53 Å². The lowest BCUT2D eigenvalue weighted by Gasteiger charge is -2.53. The van der Waals surface area contributed by atoms with Gasteiger partial charge in [0.15, 0.2) is 0 Å². The minimum atomic E-state index is -0.974. The number of carbonyl (C=O) groups excluding carboxylic acids is 4. The summed E-state index contributed by atoms with van der Waals surface area (Å²) in [5.41, 5.74) is 2.69. The Bertz CT molecular complexity index is 1010. The van der Waals surface area contributed by atoms with E-state index in [1.807, 2.05) is 48.5 Å². The zero-order valence-corrected chi connectivity index (χ0v) is 15.1. The molecule has 0 saturated carbocycles. The van der Waals surface area contributed by atoms with Crippen molar-refractivity contribution in [3.05, 3.63) is 70.8 Å². The molecule has 6 rings (SSSR count). The average molecular weight is 375 g/mol. The molecule has 1 fully saturated rings. The molecule has 1 aliphatic heterocycles. The van der Waals surface area contributed by atoms with Crippen LogP contribution in [0.5, 0.6) is 0 Å². The van der Waals surface area contributed by atoms with Crippen LogP contribution in [-0.4, -0.2) is 36.2 Å². The van der Waals surface area contributed by atoms with E-state index in [0.29, 0.717) is 4.90 Å². The number of hydrogen-bond donors (Lipinski definition) is 0. The normalized spacial score (nSPS) is 29.2. The van der Waals surface area contributed by atoms with Gasteiger partial charge in [-0.25, -0.2) is 4.79 Å². The Morgan fingerprint density at radius 3 is 2.14 bits per heavy atom. The van der Waals surface area contributed by atoms with Crippen molar-refractivity contribution in [3.63, 3.8) is 0 Å². The topological polar surface area (TPSA) is 80.8 Å². The monoisotopic (exact) mass is 375 g/mol. The Hall–Kier alpha value is -3.28. The van der Waals surface area contributed by atoms with Gasteiger partial charge >= 0.3 is 6.09 Å². The minimum absolute atomic E-state index is 0.0585. The van der Waals surface area contributed by atoms with Crippen LogP contribution in [0.4, 0.5) is 4.79 Å². The lowest BCUT2D eigenvalue weighted by Crippen LogP contribution is -2.53. The van der Waals surface area contributed by atoms with E-state index >= 15 is 0 Å². The molecule has 0 radical (unpaired) electrons. The number of rotatable bonds is 2. The van der Waals surface area contributed by atoms with Crippen LogP contribution in [0.15, 0.2) is 48.5 Å². The third kappa shape index (κ3) is 1.73. The van der Waals surface area contributed by atoms with Crippen molar-refractivity contribution in [1.29, 1.82) is 0 Å². The van der Waals surface area contributed by atoms with Crippen LogP contribution in [0.2, 0.25) is 0 Å². The Morgan fingerprint density at radius 1 is 1.04 bits per heavy atom. The summed E-state index contributed by atoms with van der Waals surface area (Å²) in [5, 5.41) is 0. The van der Waals surface area contributed by atoms with Gasteiger partial charge in [-0.3, -0.25) is 9.59 Å². The second-order valence-corrected chi connectivity index (χ2v) is 7.48. The molecule has 1 heterocycles. The highest BCUT2D eigenvalue weighted by Crippen LogP contribution is 2.64. The van der Waals surface area contributed by atoms with E-state index in [1.165, 1.54) is 0 Å². The van der Waals surface area contributed by atoms with E-state index in [2.05, 4.69) is 0 Å². The molecule has 0 aromatic heterocycles. The summed E-state index contributed by atoms with van der Waals surface area (Å²) in [6.07, 6.45) is -0.115. The van der Waals surface area contributed by atoms with Crippen molar-refractivity contribution in [2.45, 2.75) is 17.8 Å². The van der Waals surface area contributed by atoms with Crippen LogP contribution in [0.25, 0.3) is 0 Å². The third-order valence-electron chi connectivity index (χ3n) is 6.56. The van der Waals surface area contributed by atoms with Crippen molar-refractivity contribution in [1.82, 2.24) is 4.90 Å². The van der Waals surface area contributed by atoms with Gasteiger partial charge in [0, 0.05) is 17.8 Å². The first-order chi connectivity index (χ1) is 13.6. The largest absolute Gasteiger partial charge is 0.452 e. The standard InChI is InChI=1S/C22H17NO5/c1-28-21(27)23-19(25)17-16-12-6-2-4-8-14(12)22(10-11-24,18(17)20(23)26)15-9-5-3-7-13(15)16/h2-9,11,16-18H,10H2,1H3. The Balaban J connectivity index is 1.87. The van der Waals surface area contributed by atoms with E-state index in [4.69, 9.17) is 4.74 Å². The lowest BCUT2D eigenvalue weighted by atomic mass is 9.46. The van der Waals surface area contributed by atoms with Gasteiger partial charge in [0.25, 0.3) is 0 Å². The number of amides is 3. The molecular weight excluding hydrogens is 358 g/mol. The smallest absolute Gasteiger partial charge is 0.423 e. The van der Waals surface area contributed by atoms with Gasteiger partial charge in [0.2, 0.25) is 11.8 Å². The number of carbonyl (C=O) groups is 4. The van der Waals surface area contributed by atoms with Crippen molar-refractivity contribution >= 4 is 24.2 Å². The molecule has 3 aliphatic carbocycles. The molecule has 1 saturated heterocycles. The fourth-order valence-electron chi connectivity index (χ4n) is 5.68. The van der Waals surface area contributed by atoms with Crippen LogP contribution in [0, 0.1) is 11.8 Å². The van der Waals surface area contributed by atoms with Crippen LogP contribution in [0.1, 0.15) is 34.6 Å². The predicted octanol–water partition coefficient (Wildman–Crippen LogP) is 2.39.